The van der Waals surface area contributed by atoms with Crippen molar-refractivity contribution in [1.82, 2.24) is 35.1 Å². The summed E-state index contributed by atoms with van der Waals surface area (Å²) in [7, 11) is 0. The fraction of sp³-hybridized carbons (Fsp3) is 0.357. The predicted molar refractivity (Wildman–Crippen MR) is 147 cm³/mol. The van der Waals surface area contributed by atoms with E-state index in [2.05, 4.69) is 40.3 Å². The zero-order chi connectivity index (χ0) is 26.3. The van der Waals surface area contributed by atoms with Crippen LogP contribution in [0.1, 0.15) is 44.9 Å². The van der Waals surface area contributed by atoms with Gasteiger partial charge in [0, 0.05) is 37.0 Å². The highest BCUT2D eigenvalue weighted by Crippen LogP contribution is 2.34. The summed E-state index contributed by atoms with van der Waals surface area (Å²) in [4.78, 5) is 36.2. The Labute approximate surface area is 223 Å². The first-order valence-corrected chi connectivity index (χ1v) is 13.5. The van der Waals surface area contributed by atoms with Gasteiger partial charge in [0.25, 0.3) is 0 Å². The number of H-pyrrole nitrogens is 2. The third kappa shape index (κ3) is 4.27. The SMILES string of the molecule is O=C(Nc1cncc(-c2ncc3[nH]nc(-c4nc5c(N6CCCCC6)nccc5[nH]4)c3c2F)c1)C1CCCC1. The second kappa shape index (κ2) is 9.72. The van der Waals surface area contributed by atoms with Crippen molar-refractivity contribution in [1.29, 1.82) is 0 Å². The van der Waals surface area contributed by atoms with Gasteiger partial charge in [0.15, 0.2) is 17.5 Å². The average molecular weight is 526 g/mol. The van der Waals surface area contributed by atoms with Gasteiger partial charge in [-0.3, -0.25) is 19.9 Å². The lowest BCUT2D eigenvalue weighted by molar-refractivity contribution is -0.119. The highest BCUT2D eigenvalue weighted by Gasteiger charge is 2.25. The number of amides is 1. The number of rotatable bonds is 5. The molecule has 2 fully saturated rings. The molecule has 1 amide bonds. The van der Waals surface area contributed by atoms with E-state index in [1.54, 1.807) is 30.9 Å². The first-order valence-electron chi connectivity index (χ1n) is 13.5. The quantitative estimate of drug-likeness (QED) is 0.287. The number of piperidine rings is 1. The highest BCUT2D eigenvalue weighted by atomic mass is 19.1. The van der Waals surface area contributed by atoms with E-state index < -0.39 is 5.82 Å². The zero-order valence-corrected chi connectivity index (χ0v) is 21.4. The number of aromatic amines is 2. The van der Waals surface area contributed by atoms with Crippen LogP contribution in [0.15, 0.2) is 36.9 Å². The van der Waals surface area contributed by atoms with E-state index in [0.29, 0.717) is 28.3 Å². The van der Waals surface area contributed by atoms with Crippen molar-refractivity contribution in [2.24, 2.45) is 5.92 Å². The van der Waals surface area contributed by atoms with E-state index in [0.717, 1.165) is 68.5 Å². The van der Waals surface area contributed by atoms with E-state index in [-0.39, 0.29) is 22.9 Å². The van der Waals surface area contributed by atoms with Crippen LogP contribution >= 0.6 is 0 Å². The molecule has 198 valence electrons. The minimum atomic E-state index is -0.535. The van der Waals surface area contributed by atoms with Crippen molar-refractivity contribution < 1.29 is 9.18 Å². The number of hydrogen-bond acceptors (Lipinski definition) is 7. The molecule has 0 spiro atoms. The summed E-state index contributed by atoms with van der Waals surface area (Å²) in [5.74, 6) is 0.750. The number of carbonyl (C=O) groups excluding carboxylic acids is 1. The van der Waals surface area contributed by atoms with E-state index in [1.165, 1.54) is 6.42 Å². The molecule has 5 aromatic rings. The lowest BCUT2D eigenvalue weighted by Gasteiger charge is -2.27. The molecule has 0 bridgehead atoms. The van der Waals surface area contributed by atoms with Crippen LogP contribution in [0.3, 0.4) is 0 Å². The smallest absolute Gasteiger partial charge is 0.227 e. The second-order valence-electron chi connectivity index (χ2n) is 10.4. The van der Waals surface area contributed by atoms with Gasteiger partial charge in [-0.2, -0.15) is 5.10 Å². The number of fused-ring (bicyclic) bond motifs is 2. The summed E-state index contributed by atoms with van der Waals surface area (Å²) in [6.45, 7) is 1.88. The Bertz CT molecular complexity index is 1680. The summed E-state index contributed by atoms with van der Waals surface area (Å²) in [6, 6.07) is 3.57. The normalized spacial score (nSPS) is 16.4. The van der Waals surface area contributed by atoms with E-state index in [9.17, 15) is 4.79 Å². The van der Waals surface area contributed by atoms with E-state index in [4.69, 9.17) is 4.98 Å². The second-order valence-corrected chi connectivity index (χ2v) is 10.4. The molecule has 11 heteroatoms. The van der Waals surface area contributed by atoms with Gasteiger partial charge in [-0.15, -0.1) is 0 Å². The van der Waals surface area contributed by atoms with Crippen molar-refractivity contribution in [3.63, 3.8) is 0 Å². The lowest BCUT2D eigenvalue weighted by Crippen LogP contribution is -2.30. The number of imidazole rings is 1. The van der Waals surface area contributed by atoms with Gasteiger partial charge in [0.05, 0.1) is 34.5 Å². The molecule has 0 radical (unpaired) electrons. The van der Waals surface area contributed by atoms with Crippen LogP contribution in [-0.2, 0) is 4.79 Å². The Morgan fingerprint density at radius 1 is 1.00 bits per heavy atom. The summed E-state index contributed by atoms with van der Waals surface area (Å²) in [5, 5.41) is 10.5. The number of aromatic nitrogens is 7. The first kappa shape index (κ1) is 23.7. The van der Waals surface area contributed by atoms with Gasteiger partial charge < -0.3 is 15.2 Å². The van der Waals surface area contributed by atoms with Crippen molar-refractivity contribution in [2.75, 3.05) is 23.3 Å². The minimum absolute atomic E-state index is 0.0165. The van der Waals surface area contributed by atoms with Crippen LogP contribution in [0.2, 0.25) is 0 Å². The number of nitrogens with one attached hydrogen (secondary N) is 3. The molecular formula is C28H28FN9O. The number of pyridine rings is 3. The molecule has 0 aromatic carbocycles. The van der Waals surface area contributed by atoms with E-state index in [1.807, 2.05) is 6.07 Å². The predicted octanol–water partition coefficient (Wildman–Crippen LogP) is 5.22. The van der Waals surface area contributed by atoms with Gasteiger partial charge >= 0.3 is 0 Å². The van der Waals surface area contributed by atoms with Crippen LogP contribution in [0.4, 0.5) is 15.9 Å². The molecule has 10 nitrogen and oxygen atoms in total. The van der Waals surface area contributed by atoms with Gasteiger partial charge in [-0.1, -0.05) is 12.8 Å². The van der Waals surface area contributed by atoms with Gasteiger partial charge in [-0.25, -0.2) is 14.4 Å². The van der Waals surface area contributed by atoms with Crippen molar-refractivity contribution in [3.05, 3.63) is 42.7 Å². The summed E-state index contributed by atoms with van der Waals surface area (Å²) < 4.78 is 16.1. The van der Waals surface area contributed by atoms with Gasteiger partial charge in [0.2, 0.25) is 5.91 Å². The average Bonchev–Trinajstić information content (AvgIpc) is 3.73. The fourth-order valence-electron chi connectivity index (χ4n) is 5.79. The molecule has 3 N–H and O–H groups in total. The van der Waals surface area contributed by atoms with Crippen LogP contribution < -0.4 is 10.2 Å². The van der Waals surface area contributed by atoms with Crippen LogP contribution in [0, 0.1) is 11.7 Å². The van der Waals surface area contributed by atoms with E-state index >= 15 is 4.39 Å². The number of anilines is 2. The highest BCUT2D eigenvalue weighted by molar-refractivity contribution is 5.97. The number of halogens is 1. The van der Waals surface area contributed by atoms with Crippen molar-refractivity contribution >= 4 is 39.3 Å². The number of hydrogen-bond donors (Lipinski definition) is 3. The standard InChI is InChI=1S/C28H28FN9O/c29-22-21-20(15-32-23(22)17-12-18(14-30-13-17)33-28(39)16-6-2-3-7-16)36-37-25(21)26-34-19-8-9-31-27(24(19)35-26)38-10-4-1-5-11-38/h8-9,12-16H,1-7,10-11H2,(H,33,39)(H,34,35)(H,36,37). The molecule has 0 unspecified atom stereocenters. The third-order valence-corrected chi connectivity index (χ3v) is 7.81. The Hall–Kier alpha value is -4.41. The largest absolute Gasteiger partial charge is 0.355 e. The lowest BCUT2D eigenvalue weighted by atomic mass is 10.1. The third-order valence-electron chi connectivity index (χ3n) is 7.81. The minimum Gasteiger partial charge on any atom is -0.355 e. The Morgan fingerprint density at radius 3 is 2.69 bits per heavy atom. The number of carbonyl (C=O) groups is 1. The molecule has 6 heterocycles. The molecule has 1 aliphatic carbocycles. The van der Waals surface area contributed by atoms with Crippen molar-refractivity contribution in [3.8, 4) is 22.8 Å². The molecule has 7 rings (SSSR count). The Morgan fingerprint density at radius 2 is 1.85 bits per heavy atom. The van der Waals surface area contributed by atoms with Crippen LogP contribution in [-0.4, -0.2) is 54.1 Å². The van der Waals surface area contributed by atoms with Gasteiger partial charge in [0.1, 0.15) is 16.9 Å². The molecular weight excluding hydrogens is 497 g/mol. The zero-order valence-electron chi connectivity index (χ0n) is 21.4. The molecule has 1 saturated heterocycles. The summed E-state index contributed by atoms with van der Waals surface area (Å²) in [5.41, 5.74) is 3.50. The first-order chi connectivity index (χ1) is 19.2. The molecule has 2 aliphatic rings. The van der Waals surface area contributed by atoms with Crippen molar-refractivity contribution in [2.45, 2.75) is 44.9 Å². The monoisotopic (exact) mass is 525 g/mol. The van der Waals surface area contributed by atoms with Crippen LogP contribution in [0.5, 0.6) is 0 Å². The van der Waals surface area contributed by atoms with Gasteiger partial charge in [-0.05, 0) is 44.2 Å². The Kier molecular flexibility index (Phi) is 5.90. The maximum atomic E-state index is 16.1. The fourth-order valence-corrected chi connectivity index (χ4v) is 5.79. The molecule has 39 heavy (non-hydrogen) atoms. The Balaban J connectivity index is 1.25. The molecule has 5 aromatic heterocycles. The maximum absolute atomic E-state index is 16.1. The topological polar surface area (TPSA) is 128 Å². The number of nitrogens with zero attached hydrogens (tertiary/aromatic N) is 6. The summed E-state index contributed by atoms with van der Waals surface area (Å²) >= 11 is 0. The maximum Gasteiger partial charge on any atom is 0.227 e. The summed E-state index contributed by atoms with van der Waals surface area (Å²) in [6.07, 6.45) is 13.8. The molecule has 0 atom stereocenters. The molecule has 1 saturated carbocycles. The molecule has 1 aliphatic heterocycles. The van der Waals surface area contributed by atoms with Crippen LogP contribution in [0.25, 0.3) is 44.7 Å².